The number of benzene rings is 1. The molecule has 0 spiro atoms. The van der Waals surface area contributed by atoms with E-state index in [1.807, 2.05) is 29.2 Å². The fourth-order valence-electron chi connectivity index (χ4n) is 2.53. The smallest absolute Gasteiger partial charge is 0.226 e. The van der Waals surface area contributed by atoms with Gasteiger partial charge in [0.2, 0.25) is 5.91 Å². The minimum Gasteiger partial charge on any atom is -0.396 e. The molecule has 1 saturated heterocycles. The third-order valence-corrected chi connectivity index (χ3v) is 4.59. The number of carbonyl (C=O) groups is 1. The minimum atomic E-state index is -0.410. The van der Waals surface area contributed by atoms with Gasteiger partial charge in [0.05, 0.1) is 19.6 Å². The maximum absolute atomic E-state index is 12.3. The van der Waals surface area contributed by atoms with Gasteiger partial charge >= 0.3 is 0 Å². The van der Waals surface area contributed by atoms with Crippen LogP contribution in [0.5, 0.6) is 0 Å². The third kappa shape index (κ3) is 3.59. The molecule has 0 aliphatic carbocycles. The Morgan fingerprint density at radius 1 is 1.25 bits per heavy atom. The number of rotatable bonds is 4. The molecule has 1 aromatic rings. The van der Waals surface area contributed by atoms with Crippen LogP contribution in [-0.4, -0.2) is 47.3 Å². The van der Waals surface area contributed by atoms with E-state index >= 15 is 0 Å². The van der Waals surface area contributed by atoms with Gasteiger partial charge in [-0.15, -0.1) is 0 Å². The molecular formula is C15H20BrNO3. The molecule has 1 aromatic carbocycles. The lowest BCUT2D eigenvalue weighted by Crippen LogP contribution is -2.46. The molecule has 0 atom stereocenters. The molecule has 0 aromatic heterocycles. The Morgan fingerprint density at radius 3 is 2.45 bits per heavy atom. The molecule has 4 nitrogen and oxygen atoms in total. The predicted octanol–water partition coefficient (Wildman–Crippen LogP) is 1.58. The number of piperidine rings is 1. The van der Waals surface area contributed by atoms with E-state index in [0.717, 1.165) is 10.0 Å². The van der Waals surface area contributed by atoms with Crippen molar-refractivity contribution in [3.63, 3.8) is 0 Å². The highest BCUT2D eigenvalue weighted by atomic mass is 79.9. The SMILES string of the molecule is O=C(Cc1cccc(Br)c1)N1CCC(CO)(CO)CC1. The van der Waals surface area contributed by atoms with Crippen molar-refractivity contribution < 1.29 is 15.0 Å². The topological polar surface area (TPSA) is 60.8 Å². The number of hydrogen-bond acceptors (Lipinski definition) is 3. The van der Waals surface area contributed by atoms with Gasteiger partial charge in [-0.2, -0.15) is 0 Å². The van der Waals surface area contributed by atoms with Crippen LogP contribution in [0.1, 0.15) is 18.4 Å². The first kappa shape index (κ1) is 15.5. The zero-order chi connectivity index (χ0) is 14.6. The molecule has 1 amide bonds. The van der Waals surface area contributed by atoms with Crippen LogP contribution in [-0.2, 0) is 11.2 Å². The summed E-state index contributed by atoms with van der Waals surface area (Å²) < 4.78 is 0.973. The molecule has 2 N–H and O–H groups in total. The molecule has 2 rings (SSSR count). The summed E-state index contributed by atoms with van der Waals surface area (Å²) in [6, 6.07) is 7.75. The summed E-state index contributed by atoms with van der Waals surface area (Å²) >= 11 is 3.40. The van der Waals surface area contributed by atoms with Crippen molar-refractivity contribution in [3.05, 3.63) is 34.3 Å². The number of nitrogens with zero attached hydrogens (tertiary/aromatic N) is 1. The van der Waals surface area contributed by atoms with Crippen LogP contribution in [0.3, 0.4) is 0 Å². The lowest BCUT2D eigenvalue weighted by molar-refractivity contribution is -0.134. The molecular weight excluding hydrogens is 322 g/mol. The van der Waals surface area contributed by atoms with Gasteiger partial charge in [-0.3, -0.25) is 4.79 Å². The molecule has 0 radical (unpaired) electrons. The van der Waals surface area contributed by atoms with Crippen molar-refractivity contribution in [2.24, 2.45) is 5.41 Å². The highest BCUT2D eigenvalue weighted by Gasteiger charge is 2.34. The Kier molecular flexibility index (Phi) is 5.18. The van der Waals surface area contributed by atoms with Crippen LogP contribution in [0.15, 0.2) is 28.7 Å². The van der Waals surface area contributed by atoms with E-state index in [-0.39, 0.29) is 19.1 Å². The average Bonchev–Trinajstić information content (AvgIpc) is 2.47. The second-order valence-corrected chi connectivity index (χ2v) is 6.42. The molecule has 1 aliphatic heterocycles. The number of aliphatic hydroxyl groups excluding tert-OH is 2. The van der Waals surface area contributed by atoms with Gasteiger partial charge in [-0.25, -0.2) is 0 Å². The van der Waals surface area contributed by atoms with Crippen molar-refractivity contribution in [1.29, 1.82) is 0 Å². The molecule has 5 heteroatoms. The van der Waals surface area contributed by atoms with E-state index in [2.05, 4.69) is 15.9 Å². The van der Waals surface area contributed by atoms with E-state index in [9.17, 15) is 15.0 Å². The van der Waals surface area contributed by atoms with E-state index in [4.69, 9.17) is 0 Å². The largest absolute Gasteiger partial charge is 0.396 e. The molecule has 1 fully saturated rings. The van der Waals surface area contributed by atoms with Crippen LogP contribution in [0.25, 0.3) is 0 Å². The quantitative estimate of drug-likeness (QED) is 0.874. The van der Waals surface area contributed by atoms with E-state index in [1.54, 1.807) is 0 Å². The van der Waals surface area contributed by atoms with E-state index in [1.165, 1.54) is 0 Å². The van der Waals surface area contributed by atoms with Gasteiger partial charge in [-0.1, -0.05) is 28.1 Å². The summed E-state index contributed by atoms with van der Waals surface area (Å²) in [5.41, 5.74) is 0.581. The van der Waals surface area contributed by atoms with E-state index in [0.29, 0.717) is 32.4 Å². The summed E-state index contributed by atoms with van der Waals surface area (Å²) in [4.78, 5) is 14.1. The molecule has 0 bridgehead atoms. The first-order valence-electron chi connectivity index (χ1n) is 6.82. The molecule has 0 unspecified atom stereocenters. The number of aliphatic hydroxyl groups is 2. The van der Waals surface area contributed by atoms with Crippen molar-refractivity contribution in [1.82, 2.24) is 4.90 Å². The van der Waals surface area contributed by atoms with Crippen LogP contribution in [0, 0.1) is 5.41 Å². The van der Waals surface area contributed by atoms with Crippen LogP contribution < -0.4 is 0 Å². The first-order valence-corrected chi connectivity index (χ1v) is 7.62. The molecule has 0 saturated carbocycles. The van der Waals surface area contributed by atoms with Crippen LogP contribution in [0.2, 0.25) is 0 Å². The van der Waals surface area contributed by atoms with Crippen LogP contribution >= 0.6 is 15.9 Å². The van der Waals surface area contributed by atoms with Crippen LogP contribution in [0.4, 0.5) is 0 Å². The van der Waals surface area contributed by atoms with Crippen molar-refractivity contribution >= 4 is 21.8 Å². The Hall–Kier alpha value is -0.910. The Morgan fingerprint density at radius 2 is 1.90 bits per heavy atom. The number of amides is 1. The van der Waals surface area contributed by atoms with Gasteiger partial charge in [0.25, 0.3) is 0 Å². The monoisotopic (exact) mass is 341 g/mol. The molecule has 1 aliphatic rings. The fraction of sp³-hybridized carbons (Fsp3) is 0.533. The Balaban J connectivity index is 1.92. The molecule has 110 valence electrons. The molecule has 20 heavy (non-hydrogen) atoms. The number of halogens is 1. The number of carbonyl (C=O) groups excluding carboxylic acids is 1. The van der Waals surface area contributed by atoms with Gasteiger partial charge in [0.15, 0.2) is 0 Å². The average molecular weight is 342 g/mol. The predicted molar refractivity (Wildman–Crippen MR) is 80.3 cm³/mol. The number of hydrogen-bond donors (Lipinski definition) is 2. The van der Waals surface area contributed by atoms with Crippen molar-refractivity contribution in [2.45, 2.75) is 19.3 Å². The van der Waals surface area contributed by atoms with Crippen molar-refractivity contribution in [2.75, 3.05) is 26.3 Å². The lowest BCUT2D eigenvalue weighted by atomic mass is 9.80. The minimum absolute atomic E-state index is 0.0167. The lowest BCUT2D eigenvalue weighted by Gasteiger charge is -2.39. The standard InChI is InChI=1S/C15H20BrNO3/c16-13-3-1-2-12(8-13)9-14(20)17-6-4-15(10-18,11-19)5-7-17/h1-3,8,18-19H,4-7,9-11H2. The summed E-state index contributed by atoms with van der Waals surface area (Å²) in [6.07, 6.45) is 1.71. The summed E-state index contributed by atoms with van der Waals surface area (Å²) in [6.45, 7) is 1.18. The Labute approximate surface area is 127 Å². The van der Waals surface area contributed by atoms with Gasteiger partial charge in [0, 0.05) is 23.0 Å². The van der Waals surface area contributed by atoms with Gasteiger partial charge in [0.1, 0.15) is 0 Å². The Bertz CT molecular complexity index is 464. The summed E-state index contributed by atoms with van der Waals surface area (Å²) in [5.74, 6) is 0.104. The normalized spacial score (nSPS) is 18.1. The maximum Gasteiger partial charge on any atom is 0.226 e. The molecule has 1 heterocycles. The highest BCUT2D eigenvalue weighted by Crippen LogP contribution is 2.30. The maximum atomic E-state index is 12.3. The van der Waals surface area contributed by atoms with Crippen molar-refractivity contribution in [3.8, 4) is 0 Å². The second-order valence-electron chi connectivity index (χ2n) is 5.50. The summed E-state index contributed by atoms with van der Waals surface area (Å²) in [5, 5.41) is 18.7. The van der Waals surface area contributed by atoms with E-state index < -0.39 is 5.41 Å². The number of likely N-dealkylation sites (tertiary alicyclic amines) is 1. The summed E-state index contributed by atoms with van der Waals surface area (Å²) in [7, 11) is 0. The highest BCUT2D eigenvalue weighted by molar-refractivity contribution is 9.10. The second kappa shape index (κ2) is 6.70. The first-order chi connectivity index (χ1) is 9.58. The third-order valence-electron chi connectivity index (χ3n) is 4.09. The zero-order valence-electron chi connectivity index (χ0n) is 11.4. The fourth-order valence-corrected chi connectivity index (χ4v) is 2.98. The van der Waals surface area contributed by atoms with Gasteiger partial charge in [-0.05, 0) is 30.5 Å². The zero-order valence-corrected chi connectivity index (χ0v) is 13.0. The van der Waals surface area contributed by atoms with Gasteiger partial charge < -0.3 is 15.1 Å².